The molecule has 13 heavy (non-hydrogen) atoms. The number of hydrogen-bond acceptors (Lipinski definition) is 2. The molecule has 2 atom stereocenters. The van der Waals surface area contributed by atoms with E-state index in [2.05, 4.69) is 19.2 Å². The summed E-state index contributed by atoms with van der Waals surface area (Å²) >= 11 is 0. The van der Waals surface area contributed by atoms with Gasteiger partial charge in [-0.15, -0.1) is 0 Å². The molecular formula is C11H23NO. The highest BCUT2D eigenvalue weighted by atomic mass is 16.3. The predicted octanol–water partition coefficient (Wildman–Crippen LogP) is 1.93. The van der Waals surface area contributed by atoms with E-state index in [0.29, 0.717) is 12.5 Å². The van der Waals surface area contributed by atoms with Gasteiger partial charge in [0.15, 0.2) is 0 Å². The van der Waals surface area contributed by atoms with Crippen molar-refractivity contribution in [3.8, 4) is 0 Å². The Morgan fingerprint density at radius 2 is 2.23 bits per heavy atom. The van der Waals surface area contributed by atoms with Crippen LogP contribution in [0.15, 0.2) is 0 Å². The van der Waals surface area contributed by atoms with Gasteiger partial charge < -0.3 is 10.4 Å². The molecule has 0 spiro atoms. The predicted molar refractivity (Wildman–Crippen MR) is 55.7 cm³/mol. The molecule has 0 aromatic carbocycles. The molecule has 0 radical (unpaired) electrons. The second-order valence-electron chi connectivity index (χ2n) is 4.31. The number of hydrogen-bond donors (Lipinski definition) is 2. The molecule has 1 fully saturated rings. The third-order valence-corrected chi connectivity index (χ3v) is 3.54. The quantitative estimate of drug-likeness (QED) is 0.701. The molecule has 1 aliphatic carbocycles. The highest BCUT2D eigenvalue weighted by molar-refractivity contribution is 4.94. The minimum absolute atomic E-state index is 0.238. The monoisotopic (exact) mass is 185 g/mol. The number of aliphatic hydroxyl groups excluding tert-OH is 1. The second kappa shape index (κ2) is 4.97. The van der Waals surface area contributed by atoms with Crippen LogP contribution >= 0.6 is 0 Å². The fraction of sp³-hybridized carbons (Fsp3) is 1.00. The summed E-state index contributed by atoms with van der Waals surface area (Å²) < 4.78 is 0. The first-order chi connectivity index (χ1) is 6.25. The molecule has 1 saturated carbocycles. The molecule has 0 saturated heterocycles. The van der Waals surface area contributed by atoms with E-state index in [1.165, 1.54) is 25.7 Å². The lowest BCUT2D eigenvalue weighted by atomic mass is 9.72. The first-order valence-electron chi connectivity index (χ1n) is 5.61. The molecular weight excluding hydrogens is 162 g/mol. The Bertz CT molecular complexity index is 136. The van der Waals surface area contributed by atoms with Crippen LogP contribution in [0.3, 0.4) is 0 Å². The molecule has 2 nitrogen and oxygen atoms in total. The SMILES string of the molecule is CCNC1(CCO)CCCCC1C. The zero-order valence-corrected chi connectivity index (χ0v) is 8.97. The zero-order valence-electron chi connectivity index (χ0n) is 8.97. The Labute approximate surface area is 81.7 Å². The summed E-state index contributed by atoms with van der Waals surface area (Å²) in [6.45, 7) is 5.81. The Morgan fingerprint density at radius 1 is 1.46 bits per heavy atom. The van der Waals surface area contributed by atoms with E-state index in [1.54, 1.807) is 0 Å². The molecule has 0 aromatic rings. The van der Waals surface area contributed by atoms with E-state index >= 15 is 0 Å². The molecule has 0 aliphatic heterocycles. The van der Waals surface area contributed by atoms with Crippen LogP contribution in [0.4, 0.5) is 0 Å². The van der Waals surface area contributed by atoms with Gasteiger partial charge in [0.05, 0.1) is 0 Å². The van der Waals surface area contributed by atoms with Crippen molar-refractivity contribution in [3.63, 3.8) is 0 Å². The fourth-order valence-electron chi connectivity index (χ4n) is 2.69. The summed E-state index contributed by atoms with van der Waals surface area (Å²) in [5.74, 6) is 0.716. The van der Waals surface area contributed by atoms with Gasteiger partial charge >= 0.3 is 0 Å². The van der Waals surface area contributed by atoms with Gasteiger partial charge in [0.2, 0.25) is 0 Å². The highest BCUT2D eigenvalue weighted by Gasteiger charge is 2.36. The van der Waals surface area contributed by atoms with E-state index in [-0.39, 0.29) is 5.54 Å². The van der Waals surface area contributed by atoms with Gasteiger partial charge in [0, 0.05) is 12.1 Å². The molecule has 78 valence electrons. The number of rotatable bonds is 4. The molecule has 0 bridgehead atoms. The topological polar surface area (TPSA) is 32.3 Å². The molecule has 2 unspecified atom stereocenters. The fourth-order valence-corrected chi connectivity index (χ4v) is 2.69. The van der Waals surface area contributed by atoms with Gasteiger partial charge in [0.25, 0.3) is 0 Å². The Hall–Kier alpha value is -0.0800. The molecule has 0 aromatic heterocycles. The lowest BCUT2D eigenvalue weighted by molar-refractivity contribution is 0.115. The number of aliphatic hydroxyl groups is 1. The van der Waals surface area contributed by atoms with E-state index in [0.717, 1.165) is 13.0 Å². The van der Waals surface area contributed by atoms with E-state index in [1.807, 2.05) is 0 Å². The average Bonchev–Trinajstić information content (AvgIpc) is 2.11. The molecule has 2 heteroatoms. The smallest absolute Gasteiger partial charge is 0.0448 e. The zero-order chi connectivity index (χ0) is 9.73. The van der Waals surface area contributed by atoms with Crippen molar-refractivity contribution in [1.82, 2.24) is 5.32 Å². The summed E-state index contributed by atoms with van der Waals surface area (Å²) in [6, 6.07) is 0. The van der Waals surface area contributed by atoms with Crippen molar-refractivity contribution in [1.29, 1.82) is 0 Å². The molecule has 0 heterocycles. The van der Waals surface area contributed by atoms with Gasteiger partial charge in [-0.1, -0.05) is 26.7 Å². The van der Waals surface area contributed by atoms with Crippen LogP contribution in [0.5, 0.6) is 0 Å². The average molecular weight is 185 g/mol. The van der Waals surface area contributed by atoms with Crippen molar-refractivity contribution >= 4 is 0 Å². The van der Waals surface area contributed by atoms with Crippen molar-refractivity contribution in [2.75, 3.05) is 13.2 Å². The van der Waals surface area contributed by atoms with E-state index < -0.39 is 0 Å². The first kappa shape index (κ1) is 11.0. The van der Waals surface area contributed by atoms with Crippen molar-refractivity contribution < 1.29 is 5.11 Å². The van der Waals surface area contributed by atoms with Gasteiger partial charge in [0.1, 0.15) is 0 Å². The van der Waals surface area contributed by atoms with Gasteiger partial charge in [-0.2, -0.15) is 0 Å². The summed E-state index contributed by atoms with van der Waals surface area (Å²) in [7, 11) is 0. The largest absolute Gasteiger partial charge is 0.396 e. The standard InChI is InChI=1S/C11H23NO/c1-3-12-11(8-9-13)7-5-4-6-10(11)2/h10,12-13H,3-9H2,1-2H3. The molecule has 0 amide bonds. The summed E-state index contributed by atoms with van der Waals surface area (Å²) in [4.78, 5) is 0. The summed E-state index contributed by atoms with van der Waals surface area (Å²) in [6.07, 6.45) is 6.15. The molecule has 1 aliphatic rings. The maximum Gasteiger partial charge on any atom is 0.0448 e. The lowest BCUT2D eigenvalue weighted by Crippen LogP contribution is -2.52. The van der Waals surface area contributed by atoms with Crippen molar-refractivity contribution in [2.45, 2.75) is 51.5 Å². The first-order valence-corrected chi connectivity index (χ1v) is 5.61. The van der Waals surface area contributed by atoms with Gasteiger partial charge in [-0.05, 0) is 31.7 Å². The summed E-state index contributed by atoms with van der Waals surface area (Å²) in [5, 5.41) is 12.7. The molecule has 1 rings (SSSR count). The van der Waals surface area contributed by atoms with Crippen LogP contribution in [-0.2, 0) is 0 Å². The van der Waals surface area contributed by atoms with Gasteiger partial charge in [-0.3, -0.25) is 0 Å². The Morgan fingerprint density at radius 3 is 2.77 bits per heavy atom. The molecule has 2 N–H and O–H groups in total. The van der Waals surface area contributed by atoms with Crippen LogP contribution in [0.1, 0.15) is 46.0 Å². The van der Waals surface area contributed by atoms with Crippen molar-refractivity contribution in [2.24, 2.45) is 5.92 Å². The Kier molecular flexibility index (Phi) is 4.20. The number of nitrogens with one attached hydrogen (secondary N) is 1. The van der Waals surface area contributed by atoms with Gasteiger partial charge in [-0.25, -0.2) is 0 Å². The van der Waals surface area contributed by atoms with E-state index in [4.69, 9.17) is 5.11 Å². The third-order valence-electron chi connectivity index (χ3n) is 3.54. The van der Waals surface area contributed by atoms with E-state index in [9.17, 15) is 0 Å². The van der Waals surface area contributed by atoms with Crippen LogP contribution in [0.2, 0.25) is 0 Å². The van der Waals surface area contributed by atoms with Crippen LogP contribution < -0.4 is 5.32 Å². The van der Waals surface area contributed by atoms with Crippen LogP contribution in [-0.4, -0.2) is 23.8 Å². The van der Waals surface area contributed by atoms with Crippen LogP contribution in [0, 0.1) is 5.92 Å². The minimum atomic E-state index is 0.238. The summed E-state index contributed by atoms with van der Waals surface area (Å²) in [5.41, 5.74) is 0.238. The third kappa shape index (κ3) is 2.44. The minimum Gasteiger partial charge on any atom is -0.396 e. The maximum atomic E-state index is 9.09. The Balaban J connectivity index is 2.61. The normalized spacial score (nSPS) is 34.8. The lowest BCUT2D eigenvalue weighted by Gasteiger charge is -2.43. The maximum absolute atomic E-state index is 9.09. The highest BCUT2D eigenvalue weighted by Crippen LogP contribution is 2.35. The second-order valence-corrected chi connectivity index (χ2v) is 4.31. The van der Waals surface area contributed by atoms with Crippen LogP contribution in [0.25, 0.3) is 0 Å². The van der Waals surface area contributed by atoms with Crippen molar-refractivity contribution in [3.05, 3.63) is 0 Å².